The number of carbonyl (C=O) groups is 6. The molecule has 1 aliphatic heterocycles. The number of rotatable bonds is 16. The van der Waals surface area contributed by atoms with E-state index in [2.05, 4.69) is 5.32 Å². The van der Waals surface area contributed by atoms with Crippen LogP contribution in [0.1, 0.15) is 44.4 Å². The molecule has 55 heavy (non-hydrogen) atoms. The van der Waals surface area contributed by atoms with E-state index in [1.807, 2.05) is 60.7 Å². The molecule has 3 aromatic rings. The Bertz CT molecular complexity index is 1780. The maximum atomic E-state index is 13.4. The van der Waals surface area contributed by atoms with Gasteiger partial charge in [-0.05, 0) is 28.8 Å². The van der Waals surface area contributed by atoms with Gasteiger partial charge in [0.2, 0.25) is 12.4 Å². The van der Waals surface area contributed by atoms with E-state index in [-0.39, 0.29) is 19.6 Å². The number of carbonyl (C=O) groups excluding carboxylic acids is 6. The lowest BCUT2D eigenvalue weighted by atomic mass is 9.98. The zero-order valence-corrected chi connectivity index (χ0v) is 30.9. The van der Waals surface area contributed by atoms with Gasteiger partial charge in [0.05, 0.1) is 7.11 Å². The zero-order chi connectivity index (χ0) is 39.9. The van der Waals surface area contributed by atoms with Gasteiger partial charge >= 0.3 is 35.9 Å². The molecule has 1 amide bonds. The summed E-state index contributed by atoms with van der Waals surface area (Å²) in [6, 6.07) is 22.7. The van der Waals surface area contributed by atoms with Crippen molar-refractivity contribution < 1.29 is 71.4 Å². The molecule has 1 aliphatic rings. The average Bonchev–Trinajstić information content (AvgIpc) is 3.14. The van der Waals surface area contributed by atoms with Crippen LogP contribution >= 0.6 is 0 Å². The predicted octanol–water partition coefficient (Wildman–Crippen LogP) is 3.74. The van der Waals surface area contributed by atoms with Gasteiger partial charge in [-0.2, -0.15) is 0 Å². The summed E-state index contributed by atoms with van der Waals surface area (Å²) in [4.78, 5) is 74.4. The Balaban J connectivity index is 1.57. The lowest BCUT2D eigenvalue weighted by molar-refractivity contribution is -0.294. The number of amides is 1. The van der Waals surface area contributed by atoms with Gasteiger partial charge in [-0.3, -0.25) is 19.2 Å². The Labute approximate surface area is 317 Å². The molecule has 294 valence electrons. The van der Waals surface area contributed by atoms with Crippen LogP contribution in [0.4, 0.5) is 4.79 Å². The molecule has 6 atom stereocenters. The van der Waals surface area contributed by atoms with Crippen molar-refractivity contribution >= 4 is 35.9 Å². The second kappa shape index (κ2) is 20.3. The molecule has 0 spiro atoms. The first-order valence-corrected chi connectivity index (χ1v) is 17.1. The summed E-state index contributed by atoms with van der Waals surface area (Å²) in [5.74, 6) is -3.34. The van der Waals surface area contributed by atoms with Gasteiger partial charge in [0, 0.05) is 34.1 Å². The number of alkyl carbamates (subject to hydrolysis) is 1. The fourth-order valence-corrected chi connectivity index (χ4v) is 5.52. The maximum Gasteiger partial charge on any atom is 0.410 e. The van der Waals surface area contributed by atoms with Crippen molar-refractivity contribution in [2.45, 2.75) is 84.1 Å². The molecule has 1 N–H and O–H groups in total. The van der Waals surface area contributed by atoms with Crippen LogP contribution in [0.3, 0.4) is 0 Å². The van der Waals surface area contributed by atoms with Gasteiger partial charge in [0.15, 0.2) is 23.7 Å². The summed E-state index contributed by atoms with van der Waals surface area (Å²) >= 11 is 0. The summed E-state index contributed by atoms with van der Waals surface area (Å²) in [5, 5.41) is 2.43. The molecule has 3 aromatic carbocycles. The number of hydrogen-bond acceptors (Lipinski definition) is 15. The zero-order valence-electron chi connectivity index (χ0n) is 30.9. The van der Waals surface area contributed by atoms with Crippen molar-refractivity contribution in [3.8, 4) is 11.5 Å². The first-order valence-electron chi connectivity index (χ1n) is 17.1. The number of ether oxygens (including phenoxy) is 9. The molecule has 1 fully saturated rings. The number of nitrogens with one attached hydrogen (secondary N) is 1. The van der Waals surface area contributed by atoms with E-state index >= 15 is 0 Å². The topological polar surface area (TPSA) is 198 Å². The molecule has 0 radical (unpaired) electrons. The third-order valence-corrected chi connectivity index (χ3v) is 7.87. The molecule has 0 saturated carbocycles. The van der Waals surface area contributed by atoms with Crippen molar-refractivity contribution in [2.24, 2.45) is 0 Å². The van der Waals surface area contributed by atoms with Crippen molar-refractivity contribution in [2.75, 3.05) is 13.7 Å². The lowest BCUT2D eigenvalue weighted by Gasteiger charge is -2.43. The highest BCUT2D eigenvalue weighted by atomic mass is 16.8. The maximum absolute atomic E-state index is 13.4. The van der Waals surface area contributed by atoms with E-state index in [9.17, 15) is 28.8 Å². The number of methoxy groups -OCH3 is 1. The van der Waals surface area contributed by atoms with Gasteiger partial charge in [0.1, 0.15) is 32.0 Å². The molecular weight excluding hydrogens is 722 g/mol. The molecular formula is C39H43NO15. The van der Waals surface area contributed by atoms with Crippen LogP contribution in [0.2, 0.25) is 0 Å². The van der Waals surface area contributed by atoms with E-state index in [0.717, 1.165) is 45.9 Å². The normalized spacial score (nSPS) is 19.4. The van der Waals surface area contributed by atoms with Crippen LogP contribution < -0.4 is 14.8 Å². The molecule has 1 heterocycles. The van der Waals surface area contributed by atoms with E-state index in [4.69, 9.17) is 42.6 Å². The van der Waals surface area contributed by atoms with Crippen LogP contribution in [-0.2, 0) is 76.8 Å². The monoisotopic (exact) mass is 765 g/mol. The molecule has 0 aliphatic carbocycles. The first-order chi connectivity index (χ1) is 26.3. The minimum Gasteiger partial charge on any atom is -0.485 e. The highest BCUT2D eigenvalue weighted by Gasteiger charge is 2.54. The Morgan fingerprint density at radius 2 is 1.18 bits per heavy atom. The third-order valence-electron chi connectivity index (χ3n) is 7.87. The Morgan fingerprint density at radius 3 is 1.73 bits per heavy atom. The van der Waals surface area contributed by atoms with E-state index in [1.54, 1.807) is 18.2 Å². The van der Waals surface area contributed by atoms with Gasteiger partial charge in [-0.25, -0.2) is 9.59 Å². The molecule has 1 saturated heterocycles. The molecule has 1 unspecified atom stereocenters. The molecule has 16 heteroatoms. The molecule has 0 aromatic heterocycles. The summed E-state index contributed by atoms with van der Waals surface area (Å²) < 4.78 is 49.6. The van der Waals surface area contributed by atoms with E-state index in [0.29, 0.717) is 17.1 Å². The van der Waals surface area contributed by atoms with E-state index < -0.39 is 79.3 Å². The second-order valence-electron chi connectivity index (χ2n) is 12.2. The number of hydrogen-bond donors (Lipinski definition) is 1. The first kappa shape index (κ1) is 41.6. The van der Waals surface area contributed by atoms with Crippen LogP contribution in [-0.4, -0.2) is 86.4 Å². The molecule has 4 rings (SSSR count). The summed E-state index contributed by atoms with van der Waals surface area (Å²) in [6.45, 7) is 4.22. The fraction of sp³-hybridized carbons (Fsp3) is 0.385. The average molecular weight is 766 g/mol. The third kappa shape index (κ3) is 13.0. The van der Waals surface area contributed by atoms with Crippen molar-refractivity contribution in [1.29, 1.82) is 0 Å². The molecule has 16 nitrogen and oxygen atoms in total. The van der Waals surface area contributed by atoms with Crippen molar-refractivity contribution in [3.63, 3.8) is 0 Å². The van der Waals surface area contributed by atoms with Crippen LogP contribution in [0, 0.1) is 0 Å². The largest absolute Gasteiger partial charge is 0.485 e. The van der Waals surface area contributed by atoms with Crippen molar-refractivity contribution in [3.05, 3.63) is 95.6 Å². The van der Waals surface area contributed by atoms with Gasteiger partial charge in [0.25, 0.3) is 0 Å². The Hall–Kier alpha value is -6.16. The smallest absolute Gasteiger partial charge is 0.410 e. The van der Waals surface area contributed by atoms with Crippen LogP contribution in [0.5, 0.6) is 11.5 Å². The summed E-state index contributed by atoms with van der Waals surface area (Å²) in [5.41, 5.74) is 2.38. The summed E-state index contributed by atoms with van der Waals surface area (Å²) in [6.07, 6.45) is -9.25. The minimum atomic E-state index is -1.82. The predicted molar refractivity (Wildman–Crippen MR) is 189 cm³/mol. The van der Waals surface area contributed by atoms with Crippen molar-refractivity contribution in [1.82, 2.24) is 5.32 Å². The van der Waals surface area contributed by atoms with Crippen LogP contribution in [0.15, 0.2) is 78.9 Å². The fourth-order valence-electron chi connectivity index (χ4n) is 5.52. The highest BCUT2D eigenvalue weighted by molar-refractivity contribution is 5.81. The van der Waals surface area contributed by atoms with Gasteiger partial charge in [-0.1, -0.05) is 66.7 Å². The Morgan fingerprint density at radius 1 is 0.636 bits per heavy atom. The van der Waals surface area contributed by atoms with Crippen LogP contribution in [0.25, 0.3) is 0 Å². The highest BCUT2D eigenvalue weighted by Crippen LogP contribution is 2.32. The van der Waals surface area contributed by atoms with Gasteiger partial charge < -0.3 is 47.9 Å². The Kier molecular flexibility index (Phi) is 15.4. The molecule has 0 bridgehead atoms. The quantitative estimate of drug-likeness (QED) is 0.163. The number of esters is 5. The van der Waals surface area contributed by atoms with E-state index in [1.165, 1.54) is 0 Å². The second-order valence-corrected chi connectivity index (χ2v) is 12.2. The summed E-state index contributed by atoms with van der Waals surface area (Å²) in [7, 11) is 1.14. The lowest BCUT2D eigenvalue weighted by Crippen LogP contribution is -2.63. The SMILES string of the molecule is COC(=O)[C@H](Cc1ccc(OCc2ccccc2)c(OCc2ccccc2)c1)NC(=O)OC1O[C@H](COC(C)=O)[C@@H](OC(C)=O)[C@H](OC(C)=O)[C@H]1OC(C)=O. The number of benzene rings is 3. The standard InChI is InChI=1S/C39H43NO15/c1-23(41)48-22-33-34(51-24(2)42)35(52-25(3)43)36(53-26(4)44)38(54-33)55-39(46)40-30(37(45)47-5)18-29-16-17-31(49-20-27-12-8-6-9-13-27)32(19-29)50-21-28-14-10-7-11-15-28/h6-17,19,30,33-36,38H,18,20-22H2,1-5H3,(H,40,46)/t30-,33+,34+,35-,36+,38?/m0/s1. The van der Waals surface area contributed by atoms with Gasteiger partial charge in [-0.15, -0.1) is 0 Å². The minimum absolute atomic E-state index is 0.110.